The summed E-state index contributed by atoms with van der Waals surface area (Å²) >= 11 is 6.58. The number of anilines is 1. The van der Waals surface area contributed by atoms with E-state index in [0.717, 1.165) is 15.4 Å². The summed E-state index contributed by atoms with van der Waals surface area (Å²) in [5.41, 5.74) is 1.49. The lowest BCUT2D eigenvalue weighted by molar-refractivity contribution is 0.601. The van der Waals surface area contributed by atoms with Crippen molar-refractivity contribution in [3.63, 3.8) is 0 Å². The van der Waals surface area contributed by atoms with Crippen molar-refractivity contribution in [3.8, 4) is 0 Å². The number of hydrogen-bond acceptors (Lipinski definition) is 2. The van der Waals surface area contributed by atoms with Crippen molar-refractivity contribution < 1.29 is 8.42 Å². The third kappa shape index (κ3) is 3.00. The van der Waals surface area contributed by atoms with Crippen molar-refractivity contribution in [1.82, 2.24) is 4.98 Å². The van der Waals surface area contributed by atoms with Crippen LogP contribution in [-0.2, 0) is 10.0 Å². The molecule has 108 valence electrons. The summed E-state index contributed by atoms with van der Waals surface area (Å²) in [6.45, 7) is 0. The highest BCUT2D eigenvalue weighted by Crippen LogP contribution is 2.28. The molecule has 0 aliphatic heterocycles. The Morgan fingerprint density at radius 1 is 1.00 bits per heavy atom. The normalized spacial score (nSPS) is 11.7. The molecule has 0 unspecified atom stereocenters. The molecule has 7 heteroatoms. The molecule has 1 heterocycles. The lowest BCUT2D eigenvalue weighted by Crippen LogP contribution is -2.13. The van der Waals surface area contributed by atoms with Crippen molar-refractivity contribution >= 4 is 58.5 Å². The van der Waals surface area contributed by atoms with Crippen LogP contribution in [0.25, 0.3) is 10.9 Å². The van der Waals surface area contributed by atoms with E-state index in [0.29, 0.717) is 10.2 Å². The zero-order valence-electron chi connectivity index (χ0n) is 10.6. The first-order valence-electron chi connectivity index (χ1n) is 6.01. The predicted octanol–water partition coefficient (Wildman–Crippen LogP) is 4.49. The Kier molecular flexibility index (Phi) is 3.81. The molecule has 0 atom stereocenters. The van der Waals surface area contributed by atoms with E-state index in [1.54, 1.807) is 30.3 Å². The van der Waals surface area contributed by atoms with Crippen LogP contribution in [0.15, 0.2) is 62.5 Å². The van der Waals surface area contributed by atoms with Crippen LogP contribution in [0.5, 0.6) is 0 Å². The van der Waals surface area contributed by atoms with Gasteiger partial charge in [-0.05, 0) is 58.4 Å². The molecule has 2 aromatic carbocycles. The molecule has 0 saturated heterocycles. The van der Waals surface area contributed by atoms with Gasteiger partial charge in [-0.15, -0.1) is 0 Å². The van der Waals surface area contributed by atoms with Gasteiger partial charge in [-0.3, -0.25) is 4.72 Å². The second kappa shape index (κ2) is 5.47. The Labute approximate surface area is 138 Å². The fourth-order valence-corrected chi connectivity index (χ4v) is 4.82. The minimum Gasteiger partial charge on any atom is -0.361 e. The number of aromatic nitrogens is 1. The Balaban J connectivity index is 1.98. The van der Waals surface area contributed by atoms with Crippen LogP contribution in [0.2, 0.25) is 0 Å². The van der Waals surface area contributed by atoms with Gasteiger partial charge in [0.05, 0.1) is 0 Å². The first-order chi connectivity index (χ1) is 9.95. The first kappa shape index (κ1) is 14.6. The maximum atomic E-state index is 12.4. The Morgan fingerprint density at radius 2 is 1.81 bits per heavy atom. The molecule has 0 bridgehead atoms. The molecule has 0 aliphatic rings. The van der Waals surface area contributed by atoms with Gasteiger partial charge < -0.3 is 4.98 Å². The smallest absolute Gasteiger partial charge is 0.263 e. The van der Waals surface area contributed by atoms with E-state index in [1.165, 1.54) is 0 Å². The first-order valence-corrected chi connectivity index (χ1v) is 9.08. The van der Waals surface area contributed by atoms with Crippen molar-refractivity contribution in [2.75, 3.05) is 4.72 Å². The van der Waals surface area contributed by atoms with Crippen LogP contribution in [-0.4, -0.2) is 13.4 Å². The molecule has 3 rings (SSSR count). The van der Waals surface area contributed by atoms with E-state index in [1.807, 2.05) is 18.3 Å². The number of H-pyrrole nitrogens is 1. The minimum absolute atomic E-state index is 0.194. The van der Waals surface area contributed by atoms with E-state index in [4.69, 9.17) is 0 Å². The summed E-state index contributed by atoms with van der Waals surface area (Å²) in [4.78, 5) is 3.26. The highest BCUT2D eigenvalue weighted by molar-refractivity contribution is 9.11. The number of rotatable bonds is 3. The average Bonchev–Trinajstić information content (AvgIpc) is 2.85. The SMILES string of the molecule is O=S(=O)(Nc1ccc2[nH]ccc2c1)c1ccc(Br)cc1Br. The fourth-order valence-electron chi connectivity index (χ4n) is 2.02. The van der Waals surface area contributed by atoms with Crippen molar-refractivity contribution in [2.45, 2.75) is 4.90 Å². The largest absolute Gasteiger partial charge is 0.361 e. The van der Waals surface area contributed by atoms with Crippen LogP contribution in [0, 0.1) is 0 Å². The lowest BCUT2D eigenvalue weighted by atomic mass is 10.2. The third-order valence-corrected chi connectivity index (χ3v) is 5.84. The van der Waals surface area contributed by atoms with Crippen molar-refractivity contribution in [2.24, 2.45) is 0 Å². The molecule has 0 saturated carbocycles. The van der Waals surface area contributed by atoms with Gasteiger partial charge in [-0.2, -0.15) is 0 Å². The van der Waals surface area contributed by atoms with Gasteiger partial charge in [0, 0.05) is 31.7 Å². The lowest BCUT2D eigenvalue weighted by Gasteiger charge is -2.10. The van der Waals surface area contributed by atoms with Gasteiger partial charge >= 0.3 is 0 Å². The number of hydrogen-bond donors (Lipinski definition) is 2. The van der Waals surface area contributed by atoms with Crippen LogP contribution in [0.1, 0.15) is 0 Å². The molecule has 0 aliphatic carbocycles. The monoisotopic (exact) mass is 428 g/mol. The zero-order chi connectivity index (χ0) is 15.0. The Morgan fingerprint density at radius 3 is 2.57 bits per heavy atom. The maximum Gasteiger partial charge on any atom is 0.263 e. The summed E-state index contributed by atoms with van der Waals surface area (Å²) in [7, 11) is -3.64. The molecule has 0 amide bonds. The Bertz CT molecular complexity index is 920. The molecule has 1 aromatic heterocycles. The molecule has 0 radical (unpaired) electrons. The highest BCUT2D eigenvalue weighted by atomic mass is 79.9. The standard InChI is InChI=1S/C14H10Br2N2O2S/c15-10-1-4-14(12(16)8-10)21(19,20)18-11-2-3-13-9(7-11)5-6-17-13/h1-8,17-18H. The molecular weight excluding hydrogens is 420 g/mol. The number of benzene rings is 2. The van der Waals surface area contributed by atoms with Gasteiger partial charge in [0.15, 0.2) is 0 Å². The molecule has 21 heavy (non-hydrogen) atoms. The molecular formula is C14H10Br2N2O2S. The van der Waals surface area contributed by atoms with E-state index in [9.17, 15) is 8.42 Å². The average molecular weight is 430 g/mol. The zero-order valence-corrected chi connectivity index (χ0v) is 14.6. The summed E-state index contributed by atoms with van der Waals surface area (Å²) < 4.78 is 28.8. The van der Waals surface area contributed by atoms with Gasteiger partial charge in [0.2, 0.25) is 0 Å². The van der Waals surface area contributed by atoms with Crippen LogP contribution < -0.4 is 4.72 Å². The minimum atomic E-state index is -3.64. The second-order valence-electron chi connectivity index (χ2n) is 4.46. The number of aromatic amines is 1. The number of fused-ring (bicyclic) bond motifs is 1. The fraction of sp³-hybridized carbons (Fsp3) is 0. The van der Waals surface area contributed by atoms with Gasteiger partial charge in [-0.25, -0.2) is 8.42 Å². The van der Waals surface area contributed by atoms with E-state index in [2.05, 4.69) is 41.6 Å². The van der Waals surface area contributed by atoms with Crippen LogP contribution in [0.3, 0.4) is 0 Å². The number of halogens is 2. The highest BCUT2D eigenvalue weighted by Gasteiger charge is 2.18. The van der Waals surface area contributed by atoms with Gasteiger partial charge in [0.1, 0.15) is 4.90 Å². The predicted molar refractivity (Wildman–Crippen MR) is 90.9 cm³/mol. The molecule has 2 N–H and O–H groups in total. The number of sulfonamides is 1. The van der Waals surface area contributed by atoms with E-state index >= 15 is 0 Å². The molecule has 0 spiro atoms. The summed E-state index contributed by atoms with van der Waals surface area (Å²) in [6.07, 6.45) is 1.81. The van der Waals surface area contributed by atoms with Gasteiger partial charge in [0.25, 0.3) is 10.0 Å². The van der Waals surface area contributed by atoms with Crippen molar-refractivity contribution in [3.05, 3.63) is 57.6 Å². The molecule has 3 aromatic rings. The van der Waals surface area contributed by atoms with Crippen LogP contribution >= 0.6 is 31.9 Å². The van der Waals surface area contributed by atoms with Crippen molar-refractivity contribution in [1.29, 1.82) is 0 Å². The topological polar surface area (TPSA) is 62.0 Å². The second-order valence-corrected chi connectivity index (χ2v) is 7.88. The summed E-state index contributed by atoms with van der Waals surface area (Å²) in [6, 6.07) is 12.2. The molecule has 4 nitrogen and oxygen atoms in total. The van der Waals surface area contributed by atoms with E-state index < -0.39 is 10.0 Å². The van der Waals surface area contributed by atoms with Crippen LogP contribution in [0.4, 0.5) is 5.69 Å². The van der Waals surface area contributed by atoms with E-state index in [-0.39, 0.29) is 4.90 Å². The third-order valence-electron chi connectivity index (χ3n) is 2.99. The summed E-state index contributed by atoms with van der Waals surface area (Å²) in [5.74, 6) is 0. The Hall–Kier alpha value is -1.31. The molecule has 0 fully saturated rings. The summed E-state index contributed by atoms with van der Waals surface area (Å²) in [5, 5.41) is 0.949. The number of nitrogens with one attached hydrogen (secondary N) is 2. The maximum absolute atomic E-state index is 12.4. The quantitative estimate of drug-likeness (QED) is 0.644. The van der Waals surface area contributed by atoms with Gasteiger partial charge in [-0.1, -0.05) is 15.9 Å².